The highest BCUT2D eigenvalue weighted by Gasteiger charge is 2.29. The van der Waals surface area contributed by atoms with Gasteiger partial charge in [0.2, 0.25) is 5.91 Å². The van der Waals surface area contributed by atoms with E-state index in [1.165, 1.54) is 0 Å². The highest BCUT2D eigenvalue weighted by molar-refractivity contribution is 5.87. The minimum Gasteiger partial charge on any atom is -0.443 e. The van der Waals surface area contributed by atoms with Gasteiger partial charge in [-0.1, -0.05) is 6.07 Å². The number of carbonyl (C=O) groups excluding carboxylic acids is 2. The molecule has 0 N–H and O–H groups in total. The molecule has 1 aliphatic rings. The van der Waals surface area contributed by atoms with Crippen LogP contribution >= 0.6 is 0 Å². The van der Waals surface area contributed by atoms with Crippen molar-refractivity contribution >= 4 is 17.8 Å². The molecule has 6 heteroatoms. The van der Waals surface area contributed by atoms with Crippen LogP contribution in [0.2, 0.25) is 0 Å². The Hall–Kier alpha value is -2.11. The molecule has 1 atom stereocenters. The molecule has 0 aromatic carbocycles. The average Bonchev–Trinajstić information content (AvgIpc) is 2.95. The zero-order valence-corrected chi connectivity index (χ0v) is 16.1. The van der Waals surface area contributed by atoms with Crippen LogP contribution in [0.5, 0.6) is 0 Å². The quantitative estimate of drug-likeness (QED) is 0.831. The fraction of sp³-hybridized carbons (Fsp3) is 0.632. The molecular formula is C19H29N3O3. The predicted molar refractivity (Wildman–Crippen MR) is 97.4 cm³/mol. The standard InChI is InChI=1S/C19H29N3O3/c1-13(2)22(18(24)25-19(4,5)6)17-10-9-15(12-20-17)16-8-7-11-21(16)14(3)23/h9-10,12-13,16H,7-8,11H2,1-6H3. The highest BCUT2D eigenvalue weighted by Crippen LogP contribution is 2.32. The van der Waals surface area contributed by atoms with Gasteiger partial charge in [-0.15, -0.1) is 0 Å². The van der Waals surface area contributed by atoms with Gasteiger partial charge in [0.05, 0.1) is 6.04 Å². The maximum absolute atomic E-state index is 12.5. The number of hydrogen-bond acceptors (Lipinski definition) is 4. The Morgan fingerprint density at radius 1 is 1.32 bits per heavy atom. The van der Waals surface area contributed by atoms with Crippen LogP contribution in [-0.4, -0.2) is 40.1 Å². The van der Waals surface area contributed by atoms with E-state index in [1.807, 2.05) is 51.7 Å². The summed E-state index contributed by atoms with van der Waals surface area (Å²) in [6.07, 6.45) is 3.30. The number of carbonyl (C=O) groups is 2. The molecule has 25 heavy (non-hydrogen) atoms. The predicted octanol–water partition coefficient (Wildman–Crippen LogP) is 3.91. The van der Waals surface area contributed by atoms with E-state index in [-0.39, 0.29) is 18.0 Å². The Morgan fingerprint density at radius 2 is 2.00 bits per heavy atom. The van der Waals surface area contributed by atoms with E-state index in [0.29, 0.717) is 5.82 Å². The fourth-order valence-electron chi connectivity index (χ4n) is 3.11. The maximum atomic E-state index is 12.5. The fourth-order valence-corrected chi connectivity index (χ4v) is 3.11. The van der Waals surface area contributed by atoms with Crippen molar-refractivity contribution < 1.29 is 14.3 Å². The molecule has 1 aromatic rings. The molecule has 0 spiro atoms. The van der Waals surface area contributed by atoms with Crippen molar-refractivity contribution in [1.82, 2.24) is 9.88 Å². The van der Waals surface area contributed by atoms with Crippen LogP contribution in [-0.2, 0) is 9.53 Å². The summed E-state index contributed by atoms with van der Waals surface area (Å²) in [5.41, 5.74) is 0.444. The van der Waals surface area contributed by atoms with Gasteiger partial charge in [0, 0.05) is 25.7 Å². The first-order valence-electron chi connectivity index (χ1n) is 8.85. The van der Waals surface area contributed by atoms with Gasteiger partial charge in [-0.25, -0.2) is 9.78 Å². The van der Waals surface area contributed by atoms with E-state index in [1.54, 1.807) is 18.0 Å². The van der Waals surface area contributed by atoms with Gasteiger partial charge in [0.25, 0.3) is 0 Å². The number of amides is 2. The lowest BCUT2D eigenvalue weighted by Crippen LogP contribution is -2.41. The topological polar surface area (TPSA) is 62.7 Å². The van der Waals surface area contributed by atoms with Crippen LogP contribution in [0.15, 0.2) is 18.3 Å². The lowest BCUT2D eigenvalue weighted by Gasteiger charge is -2.29. The lowest BCUT2D eigenvalue weighted by atomic mass is 10.1. The summed E-state index contributed by atoms with van der Waals surface area (Å²) in [7, 11) is 0. The number of nitrogens with zero attached hydrogens (tertiary/aromatic N) is 3. The van der Waals surface area contributed by atoms with E-state index >= 15 is 0 Å². The third-order valence-corrected chi connectivity index (χ3v) is 4.17. The Balaban J connectivity index is 2.21. The van der Waals surface area contributed by atoms with Gasteiger partial charge >= 0.3 is 6.09 Å². The van der Waals surface area contributed by atoms with Crippen LogP contribution in [0.1, 0.15) is 66.0 Å². The molecule has 1 fully saturated rings. The summed E-state index contributed by atoms with van der Waals surface area (Å²) in [5, 5.41) is 0. The highest BCUT2D eigenvalue weighted by atomic mass is 16.6. The number of anilines is 1. The monoisotopic (exact) mass is 347 g/mol. The van der Waals surface area contributed by atoms with Crippen molar-refractivity contribution in [2.45, 2.75) is 72.1 Å². The van der Waals surface area contributed by atoms with Gasteiger partial charge in [-0.2, -0.15) is 0 Å². The third-order valence-electron chi connectivity index (χ3n) is 4.17. The summed E-state index contributed by atoms with van der Waals surface area (Å²) in [5.74, 6) is 0.643. The van der Waals surface area contributed by atoms with Gasteiger partial charge in [-0.3, -0.25) is 9.69 Å². The van der Waals surface area contributed by atoms with E-state index < -0.39 is 11.7 Å². The van der Waals surface area contributed by atoms with Crippen molar-refractivity contribution in [3.8, 4) is 0 Å². The Labute approximate surface area is 150 Å². The van der Waals surface area contributed by atoms with Crippen LogP contribution in [0.3, 0.4) is 0 Å². The van der Waals surface area contributed by atoms with E-state index in [9.17, 15) is 9.59 Å². The number of hydrogen-bond donors (Lipinski definition) is 0. The second-order valence-electron chi connectivity index (χ2n) is 7.76. The Kier molecular flexibility index (Phi) is 5.70. The minimum absolute atomic E-state index is 0.0756. The van der Waals surface area contributed by atoms with Gasteiger partial charge in [0.1, 0.15) is 11.4 Å². The summed E-state index contributed by atoms with van der Waals surface area (Å²) in [6, 6.07) is 3.78. The normalized spacial score (nSPS) is 17.7. The van der Waals surface area contributed by atoms with E-state index in [2.05, 4.69) is 4.98 Å². The van der Waals surface area contributed by atoms with Crippen molar-refractivity contribution in [1.29, 1.82) is 0 Å². The molecule has 1 aliphatic heterocycles. The van der Waals surface area contributed by atoms with Crippen molar-refractivity contribution in [3.63, 3.8) is 0 Å². The molecule has 2 rings (SSSR count). The zero-order chi connectivity index (χ0) is 18.8. The number of rotatable bonds is 3. The molecule has 0 aliphatic carbocycles. The number of likely N-dealkylation sites (tertiary alicyclic amines) is 1. The molecule has 0 saturated carbocycles. The molecule has 0 radical (unpaired) electrons. The largest absolute Gasteiger partial charge is 0.443 e. The first-order chi connectivity index (χ1) is 11.6. The molecule has 0 bridgehead atoms. The first kappa shape index (κ1) is 19.2. The van der Waals surface area contributed by atoms with Crippen molar-refractivity contribution in [2.24, 2.45) is 0 Å². The summed E-state index contributed by atoms with van der Waals surface area (Å²) in [4.78, 5) is 32.2. The third kappa shape index (κ3) is 4.71. The Morgan fingerprint density at radius 3 is 2.48 bits per heavy atom. The smallest absolute Gasteiger partial charge is 0.416 e. The minimum atomic E-state index is -0.560. The molecule has 138 valence electrons. The van der Waals surface area contributed by atoms with Crippen molar-refractivity contribution in [2.75, 3.05) is 11.4 Å². The van der Waals surface area contributed by atoms with Crippen molar-refractivity contribution in [3.05, 3.63) is 23.9 Å². The lowest BCUT2D eigenvalue weighted by molar-refractivity contribution is -0.129. The van der Waals surface area contributed by atoms with Gasteiger partial charge in [0.15, 0.2) is 0 Å². The number of aromatic nitrogens is 1. The van der Waals surface area contributed by atoms with Crippen LogP contribution in [0.25, 0.3) is 0 Å². The number of pyridine rings is 1. The molecule has 1 aromatic heterocycles. The van der Waals surface area contributed by atoms with Crippen LogP contribution in [0, 0.1) is 0 Å². The second-order valence-corrected chi connectivity index (χ2v) is 7.76. The van der Waals surface area contributed by atoms with Gasteiger partial charge < -0.3 is 9.64 Å². The molecule has 2 heterocycles. The van der Waals surface area contributed by atoms with E-state index in [0.717, 1.165) is 24.9 Å². The molecule has 2 amide bonds. The average molecular weight is 347 g/mol. The first-order valence-corrected chi connectivity index (χ1v) is 8.85. The van der Waals surface area contributed by atoms with Crippen LogP contribution in [0.4, 0.5) is 10.6 Å². The second kappa shape index (κ2) is 7.42. The molecule has 1 saturated heterocycles. The molecule has 6 nitrogen and oxygen atoms in total. The Bertz CT molecular complexity index is 620. The summed E-state index contributed by atoms with van der Waals surface area (Å²) < 4.78 is 5.49. The molecule has 1 unspecified atom stereocenters. The summed E-state index contributed by atoms with van der Waals surface area (Å²) in [6.45, 7) is 11.8. The van der Waals surface area contributed by atoms with Crippen LogP contribution < -0.4 is 4.90 Å². The van der Waals surface area contributed by atoms with Gasteiger partial charge in [-0.05, 0) is 59.1 Å². The SMILES string of the molecule is CC(=O)N1CCCC1c1ccc(N(C(=O)OC(C)(C)C)C(C)C)nc1. The zero-order valence-electron chi connectivity index (χ0n) is 16.1. The van der Waals surface area contributed by atoms with E-state index in [4.69, 9.17) is 4.74 Å². The maximum Gasteiger partial charge on any atom is 0.416 e. The molecular weight excluding hydrogens is 318 g/mol. The number of ether oxygens (including phenoxy) is 1. The summed E-state index contributed by atoms with van der Waals surface area (Å²) >= 11 is 0.